The van der Waals surface area contributed by atoms with Gasteiger partial charge in [0.1, 0.15) is 5.76 Å². The monoisotopic (exact) mass is 325 g/mol. The summed E-state index contributed by atoms with van der Waals surface area (Å²) in [6.45, 7) is 3.02. The van der Waals surface area contributed by atoms with Gasteiger partial charge >= 0.3 is 12.0 Å². The van der Waals surface area contributed by atoms with E-state index in [1.54, 1.807) is 24.3 Å². The van der Waals surface area contributed by atoms with Gasteiger partial charge in [-0.25, -0.2) is 4.79 Å². The number of urea groups is 1. The lowest BCUT2D eigenvalue weighted by atomic mass is 10.1. The Morgan fingerprint density at radius 1 is 1.43 bits per heavy atom. The highest BCUT2D eigenvalue weighted by atomic mass is 16.5. The minimum absolute atomic E-state index is 0.197. The molecule has 0 saturated carbocycles. The topological polar surface area (TPSA) is 95.3 Å². The van der Waals surface area contributed by atoms with E-state index in [1.165, 1.54) is 0 Å². The van der Waals surface area contributed by atoms with Gasteiger partial charge in [0.05, 0.1) is 25.3 Å². The van der Waals surface area contributed by atoms with E-state index in [9.17, 15) is 14.7 Å². The lowest BCUT2D eigenvalue weighted by molar-refractivity contribution is -0.142. The molecule has 0 aromatic carbocycles. The van der Waals surface area contributed by atoms with Crippen LogP contribution in [0.4, 0.5) is 4.79 Å². The summed E-state index contributed by atoms with van der Waals surface area (Å²) in [5, 5.41) is 12.1. The highest BCUT2D eigenvalue weighted by Gasteiger charge is 2.30. The molecule has 1 aromatic rings. The molecule has 1 aromatic heterocycles. The summed E-state index contributed by atoms with van der Waals surface area (Å²) in [5.74, 6) is -0.737. The van der Waals surface area contributed by atoms with Crippen LogP contribution in [0.25, 0.3) is 0 Å². The molecule has 0 aliphatic carbocycles. The Kier molecular flexibility index (Phi) is 6.42. The quantitative estimate of drug-likeness (QED) is 0.738. The van der Waals surface area contributed by atoms with E-state index in [2.05, 4.69) is 5.32 Å². The number of carboxylic acids is 1. The summed E-state index contributed by atoms with van der Waals surface area (Å²) in [5.41, 5.74) is 0. The van der Waals surface area contributed by atoms with Crippen molar-refractivity contribution in [2.45, 2.75) is 6.54 Å². The van der Waals surface area contributed by atoms with Crippen LogP contribution in [0.5, 0.6) is 0 Å². The molecular formula is C15H23N3O5. The van der Waals surface area contributed by atoms with E-state index < -0.39 is 11.9 Å². The van der Waals surface area contributed by atoms with E-state index in [-0.39, 0.29) is 12.6 Å². The third kappa shape index (κ3) is 5.26. The first-order valence-electron chi connectivity index (χ1n) is 7.59. The van der Waals surface area contributed by atoms with Gasteiger partial charge < -0.3 is 24.5 Å². The molecule has 1 fully saturated rings. The lowest BCUT2D eigenvalue weighted by Crippen LogP contribution is -2.44. The fourth-order valence-electron chi connectivity index (χ4n) is 2.56. The SMILES string of the molecule is COCCNC(=O)N1CCN(Cc2ccco2)CC(C(=O)O)C1. The number of hydrogen-bond donors (Lipinski definition) is 2. The Bertz CT molecular complexity index is 505. The minimum atomic E-state index is -0.897. The van der Waals surface area contributed by atoms with Crippen LogP contribution in [0.1, 0.15) is 5.76 Å². The molecule has 0 bridgehead atoms. The van der Waals surface area contributed by atoms with Crippen molar-refractivity contribution in [3.05, 3.63) is 24.2 Å². The van der Waals surface area contributed by atoms with Gasteiger partial charge in [-0.2, -0.15) is 0 Å². The Hall–Kier alpha value is -2.06. The van der Waals surface area contributed by atoms with E-state index in [0.717, 1.165) is 5.76 Å². The van der Waals surface area contributed by atoms with E-state index in [1.807, 2.05) is 11.0 Å². The number of carbonyl (C=O) groups is 2. The highest BCUT2D eigenvalue weighted by molar-refractivity contribution is 5.76. The molecule has 2 N–H and O–H groups in total. The summed E-state index contributed by atoms with van der Waals surface area (Å²) >= 11 is 0. The van der Waals surface area contributed by atoms with Crippen molar-refractivity contribution in [3.8, 4) is 0 Å². The van der Waals surface area contributed by atoms with Gasteiger partial charge in [0.2, 0.25) is 0 Å². The molecular weight excluding hydrogens is 302 g/mol. The van der Waals surface area contributed by atoms with Crippen LogP contribution in [0.15, 0.2) is 22.8 Å². The largest absolute Gasteiger partial charge is 0.481 e. The molecule has 0 spiro atoms. The van der Waals surface area contributed by atoms with Crippen molar-refractivity contribution in [3.63, 3.8) is 0 Å². The summed E-state index contributed by atoms with van der Waals surface area (Å²) in [6, 6.07) is 3.40. The molecule has 128 valence electrons. The molecule has 0 radical (unpaired) electrons. The van der Waals surface area contributed by atoms with Crippen molar-refractivity contribution < 1.29 is 23.8 Å². The zero-order chi connectivity index (χ0) is 16.7. The molecule has 1 aliphatic rings. The third-order valence-electron chi connectivity index (χ3n) is 3.78. The molecule has 1 saturated heterocycles. The van der Waals surface area contributed by atoms with Crippen LogP contribution in [0.3, 0.4) is 0 Å². The zero-order valence-corrected chi connectivity index (χ0v) is 13.2. The number of methoxy groups -OCH3 is 1. The van der Waals surface area contributed by atoms with Crippen molar-refractivity contribution in [1.29, 1.82) is 0 Å². The van der Waals surface area contributed by atoms with E-state index in [0.29, 0.717) is 39.3 Å². The van der Waals surface area contributed by atoms with Crippen molar-refractivity contribution in [1.82, 2.24) is 15.1 Å². The van der Waals surface area contributed by atoms with Gasteiger partial charge in [0, 0.05) is 39.8 Å². The number of carbonyl (C=O) groups excluding carboxylic acids is 1. The second kappa shape index (κ2) is 8.54. The summed E-state index contributed by atoms with van der Waals surface area (Å²) in [4.78, 5) is 27.2. The van der Waals surface area contributed by atoms with Crippen molar-refractivity contribution in [2.75, 3.05) is 46.4 Å². The summed E-state index contributed by atoms with van der Waals surface area (Å²) < 4.78 is 10.2. The number of amides is 2. The predicted molar refractivity (Wildman–Crippen MR) is 82.0 cm³/mol. The standard InChI is InChI=1S/C15H23N3O5/c1-22-8-4-16-15(21)18-6-5-17(9-12(10-18)14(19)20)11-13-3-2-7-23-13/h2-3,7,12H,4-6,8-11H2,1H3,(H,16,21)(H,19,20). The van der Waals surface area contributed by atoms with Crippen molar-refractivity contribution >= 4 is 12.0 Å². The fraction of sp³-hybridized carbons (Fsp3) is 0.600. The van der Waals surface area contributed by atoms with Crippen molar-refractivity contribution in [2.24, 2.45) is 5.92 Å². The van der Waals surface area contributed by atoms with Gasteiger partial charge in [-0.3, -0.25) is 9.69 Å². The average Bonchev–Trinajstić information content (AvgIpc) is 2.92. The van der Waals surface area contributed by atoms with Crippen LogP contribution in [-0.4, -0.2) is 73.3 Å². The summed E-state index contributed by atoms with van der Waals surface area (Å²) in [6.07, 6.45) is 1.59. The maximum absolute atomic E-state index is 12.1. The zero-order valence-electron chi connectivity index (χ0n) is 13.2. The van der Waals surface area contributed by atoms with Gasteiger partial charge in [-0.05, 0) is 12.1 Å². The number of furan rings is 1. The van der Waals surface area contributed by atoms with Crippen LogP contribution in [0, 0.1) is 5.92 Å². The Morgan fingerprint density at radius 3 is 2.91 bits per heavy atom. The molecule has 1 atom stereocenters. The van der Waals surface area contributed by atoms with Crippen LogP contribution >= 0.6 is 0 Å². The number of ether oxygens (including phenoxy) is 1. The Balaban J connectivity index is 1.96. The molecule has 2 rings (SSSR count). The fourth-order valence-corrected chi connectivity index (χ4v) is 2.56. The maximum Gasteiger partial charge on any atom is 0.317 e. The van der Waals surface area contributed by atoms with Crippen LogP contribution < -0.4 is 5.32 Å². The number of carboxylic acid groups (broad SMARTS) is 1. The lowest BCUT2D eigenvalue weighted by Gasteiger charge is -2.22. The van der Waals surface area contributed by atoms with Gasteiger partial charge in [0.25, 0.3) is 0 Å². The smallest absolute Gasteiger partial charge is 0.317 e. The number of hydrogen-bond acceptors (Lipinski definition) is 5. The van der Waals surface area contributed by atoms with E-state index in [4.69, 9.17) is 9.15 Å². The Labute approximate surface area is 135 Å². The number of nitrogens with one attached hydrogen (secondary N) is 1. The first kappa shape index (κ1) is 17.3. The normalized spacial score (nSPS) is 19.3. The third-order valence-corrected chi connectivity index (χ3v) is 3.78. The molecule has 1 unspecified atom stereocenters. The number of aliphatic carboxylic acids is 1. The molecule has 8 heteroatoms. The van der Waals surface area contributed by atoms with Gasteiger partial charge in [0.15, 0.2) is 0 Å². The summed E-state index contributed by atoms with van der Waals surface area (Å²) in [7, 11) is 1.56. The molecule has 2 amide bonds. The van der Waals surface area contributed by atoms with Gasteiger partial charge in [-0.15, -0.1) is 0 Å². The molecule has 1 aliphatic heterocycles. The Morgan fingerprint density at radius 2 is 2.26 bits per heavy atom. The first-order chi connectivity index (χ1) is 11.1. The predicted octanol–water partition coefficient (Wildman–Crippen LogP) is 0.454. The van der Waals surface area contributed by atoms with Crippen LogP contribution in [-0.2, 0) is 16.1 Å². The first-order valence-corrected chi connectivity index (χ1v) is 7.59. The average molecular weight is 325 g/mol. The maximum atomic E-state index is 12.1. The number of nitrogens with zero attached hydrogens (tertiary/aromatic N) is 2. The van der Waals surface area contributed by atoms with E-state index >= 15 is 0 Å². The van der Waals surface area contributed by atoms with Gasteiger partial charge in [-0.1, -0.05) is 0 Å². The molecule has 23 heavy (non-hydrogen) atoms. The van der Waals surface area contributed by atoms with Crippen LogP contribution in [0.2, 0.25) is 0 Å². The highest BCUT2D eigenvalue weighted by Crippen LogP contribution is 2.14. The second-order valence-corrected chi connectivity index (χ2v) is 5.52. The molecule has 2 heterocycles. The molecule has 8 nitrogen and oxygen atoms in total. The number of rotatable bonds is 6. The second-order valence-electron chi connectivity index (χ2n) is 5.52. The minimum Gasteiger partial charge on any atom is -0.481 e.